The first kappa shape index (κ1) is 14.9. The molecule has 3 rings (SSSR count). The highest BCUT2D eigenvalue weighted by Gasteiger charge is 2.17. The summed E-state index contributed by atoms with van der Waals surface area (Å²) in [6, 6.07) is 13.5. The van der Waals surface area contributed by atoms with Crippen molar-refractivity contribution in [1.82, 2.24) is 5.32 Å². The van der Waals surface area contributed by atoms with Crippen LogP contribution in [0.2, 0.25) is 0 Å². The van der Waals surface area contributed by atoms with Gasteiger partial charge < -0.3 is 15.0 Å². The van der Waals surface area contributed by atoms with Crippen molar-refractivity contribution in [3.8, 4) is 16.9 Å². The van der Waals surface area contributed by atoms with Gasteiger partial charge in [-0.2, -0.15) is 0 Å². The van der Waals surface area contributed by atoms with Gasteiger partial charge in [-0.1, -0.05) is 12.1 Å². The van der Waals surface area contributed by atoms with Crippen molar-refractivity contribution in [2.75, 3.05) is 32.6 Å². The van der Waals surface area contributed by atoms with Crippen LogP contribution < -0.4 is 15.0 Å². The molecule has 3 nitrogen and oxygen atoms in total. The van der Waals surface area contributed by atoms with E-state index in [0.717, 1.165) is 18.7 Å². The molecule has 0 amide bonds. The van der Waals surface area contributed by atoms with Crippen LogP contribution in [0.25, 0.3) is 11.1 Å². The lowest BCUT2D eigenvalue weighted by Crippen LogP contribution is -2.12. The van der Waals surface area contributed by atoms with Crippen molar-refractivity contribution < 1.29 is 4.74 Å². The number of methoxy groups -OCH3 is 1. The van der Waals surface area contributed by atoms with Crippen LogP contribution in [0.5, 0.6) is 5.75 Å². The Bertz CT molecular complexity index is 681. The lowest BCUT2D eigenvalue weighted by atomic mass is 9.97. The van der Waals surface area contributed by atoms with Gasteiger partial charge in [-0.25, -0.2) is 0 Å². The van der Waals surface area contributed by atoms with Crippen LogP contribution in [0.15, 0.2) is 36.4 Å². The number of fused-ring (bicyclic) bond motifs is 1. The zero-order valence-corrected chi connectivity index (χ0v) is 13.8. The van der Waals surface area contributed by atoms with Crippen LogP contribution in [-0.4, -0.2) is 27.7 Å². The minimum Gasteiger partial charge on any atom is -0.496 e. The van der Waals surface area contributed by atoms with Gasteiger partial charge in [0.15, 0.2) is 0 Å². The molecule has 0 spiro atoms. The van der Waals surface area contributed by atoms with Crippen LogP contribution >= 0.6 is 0 Å². The van der Waals surface area contributed by atoms with Gasteiger partial charge in [-0.3, -0.25) is 0 Å². The zero-order chi connectivity index (χ0) is 15.7. The fraction of sp³-hybridized carbons (Fsp3) is 0.368. The summed E-state index contributed by atoms with van der Waals surface area (Å²) in [5, 5.41) is 3.30. The Balaban J connectivity index is 2.07. The number of nitrogens with zero attached hydrogens (tertiary/aromatic N) is 1. The van der Waals surface area contributed by atoms with Crippen LogP contribution in [0.4, 0.5) is 5.69 Å². The summed E-state index contributed by atoms with van der Waals surface area (Å²) >= 11 is 0. The number of anilines is 1. The van der Waals surface area contributed by atoms with Crippen LogP contribution in [0.1, 0.15) is 24.1 Å². The predicted molar refractivity (Wildman–Crippen MR) is 92.9 cm³/mol. The van der Waals surface area contributed by atoms with E-state index in [4.69, 9.17) is 4.74 Å². The maximum absolute atomic E-state index is 5.58. The van der Waals surface area contributed by atoms with Gasteiger partial charge >= 0.3 is 0 Å². The molecule has 3 heteroatoms. The molecule has 0 saturated carbocycles. The van der Waals surface area contributed by atoms with Gasteiger partial charge in [0.05, 0.1) is 7.11 Å². The second-order valence-corrected chi connectivity index (χ2v) is 5.99. The average molecular weight is 296 g/mol. The first-order valence-electron chi connectivity index (χ1n) is 7.83. The lowest BCUT2D eigenvalue weighted by molar-refractivity contribution is 0.416. The molecule has 1 aliphatic heterocycles. The van der Waals surface area contributed by atoms with Gasteiger partial charge in [0.25, 0.3) is 0 Å². The maximum atomic E-state index is 5.58. The molecule has 0 saturated heterocycles. The summed E-state index contributed by atoms with van der Waals surface area (Å²) in [4.78, 5) is 2.32. The molecule has 1 aliphatic rings. The van der Waals surface area contributed by atoms with Crippen LogP contribution in [0, 0.1) is 0 Å². The van der Waals surface area contributed by atoms with Gasteiger partial charge in [-0.05, 0) is 61.3 Å². The Kier molecular flexibility index (Phi) is 4.08. The molecular weight excluding hydrogens is 272 g/mol. The summed E-state index contributed by atoms with van der Waals surface area (Å²) in [6.45, 7) is 3.27. The van der Waals surface area contributed by atoms with E-state index in [9.17, 15) is 0 Å². The first-order chi connectivity index (χ1) is 10.6. The van der Waals surface area contributed by atoms with E-state index in [2.05, 4.69) is 60.6 Å². The van der Waals surface area contributed by atoms with Gasteiger partial charge in [0, 0.05) is 30.9 Å². The Labute approximate surface area is 132 Å². The third kappa shape index (κ3) is 2.57. The Morgan fingerprint density at radius 1 is 1.18 bits per heavy atom. The van der Waals surface area contributed by atoms with Crippen LogP contribution in [0.3, 0.4) is 0 Å². The van der Waals surface area contributed by atoms with E-state index < -0.39 is 0 Å². The molecule has 0 aromatic heterocycles. The highest BCUT2D eigenvalue weighted by Crippen LogP contribution is 2.36. The molecule has 0 fully saturated rings. The number of nitrogens with one attached hydrogen (secondary N) is 1. The van der Waals surface area contributed by atoms with Crippen molar-refractivity contribution in [3.05, 3.63) is 47.5 Å². The highest BCUT2D eigenvalue weighted by molar-refractivity contribution is 5.75. The Hall–Kier alpha value is -2.00. The summed E-state index contributed by atoms with van der Waals surface area (Å²) < 4.78 is 5.58. The predicted octanol–water partition coefficient (Wildman–Crippen LogP) is 3.63. The largest absolute Gasteiger partial charge is 0.496 e. The average Bonchev–Trinajstić information content (AvgIpc) is 2.94. The second-order valence-electron chi connectivity index (χ2n) is 5.99. The minimum absolute atomic E-state index is 0.324. The van der Waals surface area contributed by atoms with Crippen LogP contribution in [-0.2, 0) is 6.42 Å². The first-order valence-corrected chi connectivity index (χ1v) is 7.83. The lowest BCUT2D eigenvalue weighted by Gasteiger charge is -2.16. The molecule has 0 aliphatic carbocycles. The standard InChI is InChI=1S/C19H24N2O/c1-13(20-2)14-6-8-19(22-4)17(12-14)15-5-7-18-16(11-15)9-10-21(18)3/h5-8,11-13,20H,9-10H2,1-4H3. The fourth-order valence-electron chi connectivity index (χ4n) is 3.12. The number of hydrogen-bond acceptors (Lipinski definition) is 3. The van der Waals surface area contributed by atoms with Gasteiger partial charge in [0.1, 0.15) is 5.75 Å². The highest BCUT2D eigenvalue weighted by atomic mass is 16.5. The molecule has 0 bridgehead atoms. The molecule has 0 radical (unpaired) electrons. The molecule has 1 heterocycles. The topological polar surface area (TPSA) is 24.5 Å². The molecule has 2 aromatic carbocycles. The zero-order valence-electron chi connectivity index (χ0n) is 13.8. The molecule has 1 N–H and O–H groups in total. The number of hydrogen-bond donors (Lipinski definition) is 1. The number of rotatable bonds is 4. The van der Waals surface area contributed by atoms with Gasteiger partial charge in [-0.15, -0.1) is 0 Å². The van der Waals surface area contributed by atoms with Crippen molar-refractivity contribution in [1.29, 1.82) is 0 Å². The van der Waals surface area contributed by atoms with E-state index in [1.807, 2.05) is 7.05 Å². The molecule has 2 aromatic rings. The van der Waals surface area contributed by atoms with Gasteiger partial charge in [0.2, 0.25) is 0 Å². The smallest absolute Gasteiger partial charge is 0.126 e. The summed E-state index contributed by atoms with van der Waals surface area (Å²) in [5.41, 5.74) is 6.45. The quantitative estimate of drug-likeness (QED) is 0.932. The normalized spacial score (nSPS) is 14.8. The Morgan fingerprint density at radius 2 is 2.00 bits per heavy atom. The van der Waals surface area contributed by atoms with E-state index >= 15 is 0 Å². The third-order valence-corrected chi connectivity index (χ3v) is 4.67. The SMILES string of the molecule is CNC(C)c1ccc(OC)c(-c2ccc3c(c2)CCN3C)c1. The molecule has 116 valence electrons. The number of ether oxygens (including phenoxy) is 1. The molecule has 22 heavy (non-hydrogen) atoms. The molecule has 1 unspecified atom stereocenters. The summed E-state index contributed by atoms with van der Waals surface area (Å²) in [5.74, 6) is 0.929. The summed E-state index contributed by atoms with van der Waals surface area (Å²) in [7, 11) is 5.88. The number of benzene rings is 2. The second kappa shape index (κ2) is 6.01. The maximum Gasteiger partial charge on any atom is 0.126 e. The Morgan fingerprint density at radius 3 is 2.73 bits per heavy atom. The van der Waals surface area contributed by atoms with Crippen molar-refractivity contribution in [3.63, 3.8) is 0 Å². The minimum atomic E-state index is 0.324. The number of likely N-dealkylation sites (N-methyl/N-ethyl adjacent to an activating group) is 1. The van der Waals surface area contributed by atoms with E-state index in [-0.39, 0.29) is 0 Å². The van der Waals surface area contributed by atoms with E-state index in [0.29, 0.717) is 6.04 Å². The van der Waals surface area contributed by atoms with E-state index in [1.54, 1.807) is 7.11 Å². The molecular formula is C19H24N2O. The fourth-order valence-corrected chi connectivity index (χ4v) is 3.12. The van der Waals surface area contributed by atoms with Crippen molar-refractivity contribution >= 4 is 5.69 Å². The van der Waals surface area contributed by atoms with Crippen molar-refractivity contribution in [2.45, 2.75) is 19.4 Å². The van der Waals surface area contributed by atoms with E-state index in [1.165, 1.54) is 27.9 Å². The molecule has 1 atom stereocenters. The monoisotopic (exact) mass is 296 g/mol. The van der Waals surface area contributed by atoms with Crippen molar-refractivity contribution in [2.24, 2.45) is 0 Å². The summed E-state index contributed by atoms with van der Waals surface area (Å²) in [6.07, 6.45) is 1.12. The third-order valence-electron chi connectivity index (χ3n) is 4.67.